The van der Waals surface area contributed by atoms with Gasteiger partial charge in [-0.05, 0) is 17.2 Å². The predicted octanol–water partition coefficient (Wildman–Crippen LogP) is 1.68. The molecule has 2 rings (SSSR count). The number of nitro benzene ring substituents is 1. The predicted molar refractivity (Wildman–Crippen MR) is 91.1 cm³/mol. The zero-order valence-electron chi connectivity index (χ0n) is 13.3. The molecule has 0 saturated carbocycles. The van der Waals surface area contributed by atoms with Crippen LogP contribution in [0.5, 0.6) is 0 Å². The highest BCUT2D eigenvalue weighted by Crippen LogP contribution is 2.14. The molecule has 0 amide bonds. The molecule has 0 atom stereocenters. The zero-order valence-corrected chi connectivity index (χ0v) is 14.2. The summed E-state index contributed by atoms with van der Waals surface area (Å²) in [6.45, 7) is 0.135. The normalized spacial score (nSPS) is 11.2. The van der Waals surface area contributed by atoms with Crippen molar-refractivity contribution < 1.29 is 13.3 Å². The van der Waals surface area contributed by atoms with E-state index in [0.717, 1.165) is 11.4 Å². The molecule has 1 aromatic carbocycles. The first-order chi connectivity index (χ1) is 11.3. The number of rotatable bonds is 7. The lowest BCUT2D eigenvalue weighted by molar-refractivity contribution is -0.384. The van der Waals surface area contributed by atoms with Crippen molar-refractivity contribution in [2.75, 3.05) is 19.0 Å². The second-order valence-electron chi connectivity index (χ2n) is 5.42. The second kappa shape index (κ2) is 7.37. The fraction of sp³-hybridized carbons (Fsp3) is 0.267. The van der Waals surface area contributed by atoms with Crippen LogP contribution in [0.2, 0.25) is 0 Å². The van der Waals surface area contributed by atoms with Crippen molar-refractivity contribution in [1.82, 2.24) is 9.71 Å². The van der Waals surface area contributed by atoms with Gasteiger partial charge in [-0.15, -0.1) is 0 Å². The molecule has 1 heterocycles. The van der Waals surface area contributed by atoms with Crippen LogP contribution in [0.15, 0.2) is 42.6 Å². The van der Waals surface area contributed by atoms with Gasteiger partial charge in [0.05, 0.1) is 10.7 Å². The van der Waals surface area contributed by atoms with E-state index in [-0.39, 0.29) is 18.0 Å². The van der Waals surface area contributed by atoms with Crippen LogP contribution in [0.25, 0.3) is 0 Å². The fourth-order valence-electron chi connectivity index (χ4n) is 1.96. The van der Waals surface area contributed by atoms with Gasteiger partial charge in [0.1, 0.15) is 5.82 Å². The number of hydrogen-bond acceptors (Lipinski definition) is 6. The fourth-order valence-corrected chi connectivity index (χ4v) is 3.08. The number of anilines is 1. The third-order valence-electron chi connectivity index (χ3n) is 3.27. The van der Waals surface area contributed by atoms with Crippen molar-refractivity contribution >= 4 is 21.5 Å². The molecule has 8 nitrogen and oxygen atoms in total. The molecule has 0 bridgehead atoms. The summed E-state index contributed by atoms with van der Waals surface area (Å²) in [5.41, 5.74) is 1.15. The van der Waals surface area contributed by atoms with E-state index in [1.165, 1.54) is 24.3 Å². The Morgan fingerprint density at radius 3 is 2.25 bits per heavy atom. The average molecular weight is 350 g/mol. The second-order valence-corrected chi connectivity index (χ2v) is 7.23. The van der Waals surface area contributed by atoms with Crippen LogP contribution in [-0.4, -0.2) is 32.4 Å². The highest BCUT2D eigenvalue weighted by Gasteiger charge is 2.13. The minimum Gasteiger partial charge on any atom is -0.363 e. The molecule has 0 spiro atoms. The van der Waals surface area contributed by atoms with Crippen LogP contribution in [0, 0.1) is 10.1 Å². The molecule has 1 N–H and O–H groups in total. The van der Waals surface area contributed by atoms with E-state index in [0.29, 0.717) is 5.56 Å². The monoisotopic (exact) mass is 350 g/mol. The average Bonchev–Trinajstić information content (AvgIpc) is 2.53. The number of non-ortho nitro benzene ring substituents is 1. The van der Waals surface area contributed by atoms with Crippen molar-refractivity contribution in [3.05, 3.63) is 63.8 Å². The Morgan fingerprint density at radius 2 is 1.75 bits per heavy atom. The first-order valence-electron chi connectivity index (χ1n) is 7.10. The largest absolute Gasteiger partial charge is 0.363 e. The lowest BCUT2D eigenvalue weighted by Gasteiger charge is -2.11. The van der Waals surface area contributed by atoms with E-state index in [9.17, 15) is 18.5 Å². The lowest BCUT2D eigenvalue weighted by Crippen LogP contribution is -2.24. The van der Waals surface area contributed by atoms with Crippen LogP contribution in [0.1, 0.15) is 11.1 Å². The summed E-state index contributed by atoms with van der Waals surface area (Å²) in [5, 5.41) is 10.6. The van der Waals surface area contributed by atoms with E-state index in [2.05, 4.69) is 9.71 Å². The molecule has 2 aromatic rings. The molecular formula is C15H18N4O4S. The Hall–Kier alpha value is -2.52. The van der Waals surface area contributed by atoms with Gasteiger partial charge in [-0.2, -0.15) is 0 Å². The topological polar surface area (TPSA) is 105 Å². The first-order valence-corrected chi connectivity index (χ1v) is 8.75. The summed E-state index contributed by atoms with van der Waals surface area (Å²) in [5.74, 6) is 0.543. The van der Waals surface area contributed by atoms with E-state index < -0.39 is 14.9 Å². The summed E-state index contributed by atoms with van der Waals surface area (Å²) < 4.78 is 26.7. The van der Waals surface area contributed by atoms with Gasteiger partial charge in [0.15, 0.2) is 0 Å². The third kappa shape index (κ3) is 5.00. The number of sulfonamides is 1. The number of benzene rings is 1. The molecule has 0 aliphatic carbocycles. The molecular weight excluding hydrogens is 332 g/mol. The maximum atomic E-state index is 12.1. The molecule has 0 radical (unpaired) electrons. The number of nitrogens with one attached hydrogen (secondary N) is 1. The Labute approximate surface area is 140 Å². The number of pyridine rings is 1. The molecule has 0 aliphatic heterocycles. The number of nitrogens with zero attached hydrogens (tertiary/aromatic N) is 3. The quantitative estimate of drug-likeness (QED) is 0.601. The molecule has 0 fully saturated rings. The summed E-state index contributed by atoms with van der Waals surface area (Å²) in [7, 11) is 0.189. The van der Waals surface area contributed by atoms with Gasteiger partial charge in [0.25, 0.3) is 5.69 Å². The molecule has 0 aliphatic rings. The molecule has 9 heteroatoms. The van der Waals surface area contributed by atoms with Crippen LogP contribution in [0.3, 0.4) is 0 Å². The highest BCUT2D eigenvalue weighted by molar-refractivity contribution is 7.88. The Kier molecular flexibility index (Phi) is 5.47. The van der Waals surface area contributed by atoms with Gasteiger partial charge in [-0.3, -0.25) is 10.1 Å². The maximum absolute atomic E-state index is 12.1. The van der Waals surface area contributed by atoms with E-state index in [4.69, 9.17) is 0 Å². The van der Waals surface area contributed by atoms with Crippen LogP contribution in [0.4, 0.5) is 11.5 Å². The maximum Gasteiger partial charge on any atom is 0.269 e. The summed E-state index contributed by atoms with van der Waals surface area (Å²) in [4.78, 5) is 16.1. The van der Waals surface area contributed by atoms with Crippen molar-refractivity contribution in [3.63, 3.8) is 0 Å². The number of nitro groups is 1. The van der Waals surface area contributed by atoms with E-state index in [1.54, 1.807) is 18.3 Å². The SMILES string of the molecule is CN(C)c1ccc(CNS(=O)(=O)Cc2ccc([N+](=O)[O-])cc2)cn1. The van der Waals surface area contributed by atoms with Crippen molar-refractivity contribution in [2.45, 2.75) is 12.3 Å². The van der Waals surface area contributed by atoms with E-state index in [1.807, 2.05) is 19.0 Å². The molecule has 24 heavy (non-hydrogen) atoms. The Balaban J connectivity index is 1.96. The molecule has 128 valence electrons. The van der Waals surface area contributed by atoms with Gasteiger partial charge in [-0.25, -0.2) is 18.1 Å². The highest BCUT2D eigenvalue weighted by atomic mass is 32.2. The molecule has 0 saturated heterocycles. The van der Waals surface area contributed by atoms with Crippen LogP contribution < -0.4 is 9.62 Å². The molecule has 0 unspecified atom stereocenters. The van der Waals surface area contributed by atoms with Gasteiger partial charge in [0.2, 0.25) is 10.0 Å². The smallest absolute Gasteiger partial charge is 0.269 e. The summed E-state index contributed by atoms with van der Waals surface area (Å²) >= 11 is 0. The van der Waals surface area contributed by atoms with E-state index >= 15 is 0 Å². The molecule has 1 aromatic heterocycles. The van der Waals surface area contributed by atoms with Crippen molar-refractivity contribution in [1.29, 1.82) is 0 Å². The van der Waals surface area contributed by atoms with Gasteiger partial charge < -0.3 is 4.90 Å². The standard InChI is InChI=1S/C15H18N4O4S/c1-18(2)15-8-5-13(9-16-15)10-17-24(22,23)11-12-3-6-14(7-4-12)19(20)21/h3-9,17H,10-11H2,1-2H3. The number of hydrogen-bond donors (Lipinski definition) is 1. The zero-order chi connectivity index (χ0) is 17.7. The van der Waals surface area contributed by atoms with Crippen LogP contribution in [-0.2, 0) is 22.3 Å². The lowest BCUT2D eigenvalue weighted by atomic mass is 10.2. The minimum absolute atomic E-state index is 0.0730. The number of aromatic nitrogens is 1. The van der Waals surface area contributed by atoms with Gasteiger partial charge in [0, 0.05) is 39.0 Å². The van der Waals surface area contributed by atoms with Crippen molar-refractivity contribution in [2.24, 2.45) is 0 Å². The summed E-state index contributed by atoms with van der Waals surface area (Å²) in [6, 6.07) is 9.05. The Bertz CT molecular complexity index is 802. The van der Waals surface area contributed by atoms with Crippen LogP contribution >= 0.6 is 0 Å². The third-order valence-corrected chi connectivity index (χ3v) is 4.56. The Morgan fingerprint density at radius 1 is 1.12 bits per heavy atom. The minimum atomic E-state index is -3.55. The first kappa shape index (κ1) is 17.8. The van der Waals surface area contributed by atoms with Crippen molar-refractivity contribution in [3.8, 4) is 0 Å². The van der Waals surface area contributed by atoms with Gasteiger partial charge >= 0.3 is 0 Å². The summed E-state index contributed by atoms with van der Waals surface area (Å²) in [6.07, 6.45) is 1.61. The van der Waals surface area contributed by atoms with Gasteiger partial charge in [-0.1, -0.05) is 18.2 Å².